The highest BCUT2D eigenvalue weighted by molar-refractivity contribution is 5.92. The Morgan fingerprint density at radius 1 is 1.30 bits per heavy atom. The third-order valence-corrected chi connectivity index (χ3v) is 4.53. The number of rotatable bonds is 4. The van der Waals surface area contributed by atoms with Gasteiger partial charge in [0.05, 0.1) is 6.61 Å². The van der Waals surface area contributed by atoms with Gasteiger partial charge in [0.2, 0.25) is 5.91 Å². The van der Waals surface area contributed by atoms with Crippen LogP contribution in [0.25, 0.3) is 0 Å². The molecule has 1 aromatic rings. The minimum absolute atomic E-state index is 0.0492. The van der Waals surface area contributed by atoms with Gasteiger partial charge in [0.25, 0.3) is 0 Å². The number of benzene rings is 1. The van der Waals surface area contributed by atoms with Gasteiger partial charge in [-0.05, 0) is 50.3 Å². The van der Waals surface area contributed by atoms with Gasteiger partial charge in [0.1, 0.15) is 17.5 Å². The molecule has 0 bridgehead atoms. The molecule has 1 N–H and O–H groups in total. The molecule has 4 nitrogen and oxygen atoms in total. The van der Waals surface area contributed by atoms with Crippen molar-refractivity contribution in [3.8, 4) is 5.75 Å². The van der Waals surface area contributed by atoms with E-state index in [1.54, 1.807) is 0 Å². The first-order chi connectivity index (χ1) is 9.73. The van der Waals surface area contributed by atoms with Crippen LogP contribution in [0.4, 0.5) is 0 Å². The van der Waals surface area contributed by atoms with E-state index >= 15 is 0 Å². The van der Waals surface area contributed by atoms with Crippen molar-refractivity contribution in [1.82, 2.24) is 10.2 Å². The van der Waals surface area contributed by atoms with Crippen LogP contribution in [0.1, 0.15) is 44.3 Å². The molecule has 1 heterocycles. The average molecular weight is 272 g/mol. The van der Waals surface area contributed by atoms with E-state index in [4.69, 9.17) is 4.74 Å². The fraction of sp³-hybridized carbons (Fsp3) is 0.562. The molecule has 3 fully saturated rings. The third-order valence-electron chi connectivity index (χ3n) is 4.53. The van der Waals surface area contributed by atoms with E-state index in [9.17, 15) is 4.79 Å². The molecule has 0 radical (unpaired) electrons. The smallest absolute Gasteiger partial charge is 0.244 e. The molecule has 2 aliphatic carbocycles. The van der Waals surface area contributed by atoms with Gasteiger partial charge in [-0.1, -0.05) is 12.1 Å². The van der Waals surface area contributed by atoms with Crippen LogP contribution in [0, 0.1) is 0 Å². The van der Waals surface area contributed by atoms with Gasteiger partial charge in [0.15, 0.2) is 0 Å². The van der Waals surface area contributed by atoms with E-state index in [2.05, 4.69) is 22.3 Å². The first kappa shape index (κ1) is 12.2. The lowest BCUT2D eigenvalue weighted by Crippen LogP contribution is -2.33. The zero-order valence-electron chi connectivity index (χ0n) is 11.8. The molecule has 4 heteroatoms. The van der Waals surface area contributed by atoms with E-state index < -0.39 is 0 Å². The van der Waals surface area contributed by atoms with Gasteiger partial charge < -0.3 is 9.64 Å². The van der Waals surface area contributed by atoms with Gasteiger partial charge in [0, 0.05) is 6.04 Å². The monoisotopic (exact) mass is 272 g/mol. The Morgan fingerprint density at radius 2 is 2.00 bits per heavy atom. The second kappa shape index (κ2) is 4.22. The summed E-state index contributed by atoms with van der Waals surface area (Å²) < 4.78 is 5.48. The van der Waals surface area contributed by atoms with Gasteiger partial charge in [-0.15, -0.1) is 0 Å². The number of amides is 1. The fourth-order valence-electron chi connectivity index (χ4n) is 3.13. The molecular formula is C16H20N2O2. The molecule has 0 aromatic heterocycles. The van der Waals surface area contributed by atoms with Crippen LogP contribution in [0.15, 0.2) is 24.3 Å². The van der Waals surface area contributed by atoms with Gasteiger partial charge in [-0.2, -0.15) is 0 Å². The average Bonchev–Trinajstić information content (AvgIpc) is 3.34. The van der Waals surface area contributed by atoms with Crippen molar-refractivity contribution >= 4 is 5.91 Å². The van der Waals surface area contributed by atoms with Crippen LogP contribution in [0.3, 0.4) is 0 Å². The lowest BCUT2D eigenvalue weighted by molar-refractivity contribution is -0.131. The van der Waals surface area contributed by atoms with E-state index in [0.717, 1.165) is 37.0 Å². The quantitative estimate of drug-likeness (QED) is 0.913. The zero-order chi connectivity index (χ0) is 13.7. The molecule has 1 aromatic carbocycles. The molecule has 1 aliphatic heterocycles. The maximum absolute atomic E-state index is 12.6. The van der Waals surface area contributed by atoms with Crippen molar-refractivity contribution < 1.29 is 9.53 Å². The summed E-state index contributed by atoms with van der Waals surface area (Å²) in [7, 11) is 0. The molecule has 1 saturated heterocycles. The van der Waals surface area contributed by atoms with Crippen LogP contribution in [-0.2, 0) is 4.79 Å². The van der Waals surface area contributed by atoms with Crippen molar-refractivity contribution in [3.63, 3.8) is 0 Å². The molecule has 2 saturated carbocycles. The number of hydrogen-bond acceptors (Lipinski definition) is 3. The van der Waals surface area contributed by atoms with Crippen LogP contribution in [0.5, 0.6) is 5.75 Å². The highest BCUT2D eigenvalue weighted by atomic mass is 16.5. The summed E-state index contributed by atoms with van der Waals surface area (Å²) in [6.07, 6.45) is 4.33. The number of nitrogens with zero attached hydrogens (tertiary/aromatic N) is 1. The Balaban J connectivity index is 1.61. The molecule has 1 spiro atoms. The normalized spacial score (nSPS) is 27.1. The molecule has 1 unspecified atom stereocenters. The first-order valence-corrected chi connectivity index (χ1v) is 7.57. The highest BCUT2D eigenvalue weighted by Crippen LogP contribution is 2.49. The Kier molecular flexibility index (Phi) is 2.58. The van der Waals surface area contributed by atoms with Crippen molar-refractivity contribution in [2.75, 3.05) is 6.61 Å². The topological polar surface area (TPSA) is 41.6 Å². The lowest BCUT2D eigenvalue weighted by Gasteiger charge is -2.24. The van der Waals surface area contributed by atoms with Crippen LogP contribution in [-0.4, -0.2) is 29.0 Å². The Labute approximate surface area is 119 Å². The molecular weight excluding hydrogens is 252 g/mol. The van der Waals surface area contributed by atoms with Crippen LogP contribution in [0.2, 0.25) is 0 Å². The molecule has 20 heavy (non-hydrogen) atoms. The SMILES string of the molecule is CCOc1ccc(C2NC3(CC3)C(=O)N2C2CC2)cc1. The number of carbonyl (C=O) groups excluding carboxylic acids is 1. The summed E-state index contributed by atoms with van der Waals surface area (Å²) >= 11 is 0. The van der Waals surface area contributed by atoms with Gasteiger partial charge in [-0.25, -0.2) is 0 Å². The zero-order valence-corrected chi connectivity index (χ0v) is 11.8. The van der Waals surface area contributed by atoms with Crippen molar-refractivity contribution in [2.24, 2.45) is 0 Å². The maximum Gasteiger partial charge on any atom is 0.244 e. The molecule has 1 amide bonds. The summed E-state index contributed by atoms with van der Waals surface area (Å²) in [6.45, 7) is 2.66. The summed E-state index contributed by atoms with van der Waals surface area (Å²) in [5.41, 5.74) is 0.934. The minimum atomic E-state index is -0.230. The molecule has 1 atom stereocenters. The Morgan fingerprint density at radius 3 is 2.55 bits per heavy atom. The van der Waals surface area contributed by atoms with Gasteiger partial charge >= 0.3 is 0 Å². The molecule has 3 aliphatic rings. The number of nitrogens with one attached hydrogen (secondary N) is 1. The predicted octanol–water partition coefficient (Wildman–Crippen LogP) is 2.21. The minimum Gasteiger partial charge on any atom is -0.494 e. The predicted molar refractivity (Wildman–Crippen MR) is 75.3 cm³/mol. The Bertz CT molecular complexity index is 532. The van der Waals surface area contributed by atoms with Crippen LogP contribution < -0.4 is 10.1 Å². The first-order valence-electron chi connectivity index (χ1n) is 7.57. The van der Waals surface area contributed by atoms with Gasteiger partial charge in [-0.3, -0.25) is 10.1 Å². The van der Waals surface area contributed by atoms with E-state index in [1.165, 1.54) is 0 Å². The van der Waals surface area contributed by atoms with Crippen molar-refractivity contribution in [2.45, 2.75) is 50.4 Å². The molecule has 4 rings (SSSR count). The van der Waals surface area contributed by atoms with E-state index in [-0.39, 0.29) is 11.7 Å². The number of hydrogen-bond donors (Lipinski definition) is 1. The number of carbonyl (C=O) groups is 1. The summed E-state index contributed by atoms with van der Waals surface area (Å²) in [4.78, 5) is 14.6. The lowest BCUT2D eigenvalue weighted by atomic mass is 10.1. The van der Waals surface area contributed by atoms with Crippen molar-refractivity contribution in [1.29, 1.82) is 0 Å². The Hall–Kier alpha value is -1.55. The van der Waals surface area contributed by atoms with E-state index in [0.29, 0.717) is 18.6 Å². The summed E-state index contributed by atoms with van der Waals surface area (Å²) in [5, 5.41) is 3.57. The van der Waals surface area contributed by atoms with Crippen molar-refractivity contribution in [3.05, 3.63) is 29.8 Å². The summed E-state index contributed by atoms with van der Waals surface area (Å²) in [6, 6.07) is 8.59. The summed E-state index contributed by atoms with van der Waals surface area (Å²) in [5.74, 6) is 1.21. The standard InChI is InChI=1S/C16H20N2O2/c1-2-20-13-7-3-11(4-8-13)14-17-16(9-10-16)15(19)18(14)12-5-6-12/h3-4,7-8,12,14,17H,2,5-6,9-10H2,1H3. The second-order valence-electron chi connectivity index (χ2n) is 6.07. The second-order valence-corrected chi connectivity index (χ2v) is 6.07. The maximum atomic E-state index is 12.6. The largest absolute Gasteiger partial charge is 0.494 e. The van der Waals surface area contributed by atoms with Crippen LogP contribution >= 0.6 is 0 Å². The number of ether oxygens (including phenoxy) is 1. The highest BCUT2D eigenvalue weighted by Gasteiger charge is 2.61. The third kappa shape index (κ3) is 1.82. The van der Waals surface area contributed by atoms with E-state index in [1.807, 2.05) is 19.1 Å². The molecule has 106 valence electrons. The fourth-order valence-corrected chi connectivity index (χ4v) is 3.13.